The minimum Gasteiger partial charge on any atom is -0.469 e. The number of hydrogen-bond acceptors (Lipinski definition) is 4. The van der Waals surface area contributed by atoms with Crippen LogP contribution in [0.5, 0.6) is 0 Å². The summed E-state index contributed by atoms with van der Waals surface area (Å²) in [5, 5.41) is 2.92. The highest BCUT2D eigenvalue weighted by molar-refractivity contribution is 7.89. The molecule has 1 rings (SSSR count). The van der Waals surface area contributed by atoms with E-state index < -0.39 is 10.0 Å². The topological polar surface area (TPSA) is 71.3 Å². The molecule has 1 heterocycles. The summed E-state index contributed by atoms with van der Waals surface area (Å²) in [6.07, 6.45) is 2.76. The van der Waals surface area contributed by atoms with E-state index in [9.17, 15) is 8.42 Å². The second-order valence-electron chi connectivity index (χ2n) is 4.08. The Morgan fingerprint density at radius 2 is 2.24 bits per heavy atom. The average Bonchev–Trinajstić information content (AvgIpc) is 2.69. The van der Waals surface area contributed by atoms with E-state index in [1.54, 1.807) is 19.4 Å². The molecule has 1 aromatic rings. The molecule has 0 saturated carbocycles. The van der Waals surface area contributed by atoms with Crippen molar-refractivity contribution in [1.82, 2.24) is 10.0 Å². The third kappa shape index (κ3) is 5.86. The Hall–Kier alpha value is -0.850. The summed E-state index contributed by atoms with van der Waals surface area (Å²) < 4.78 is 31.2. The Morgan fingerprint density at radius 3 is 2.82 bits per heavy atom. The van der Waals surface area contributed by atoms with Gasteiger partial charge in [-0.2, -0.15) is 0 Å². The Balaban J connectivity index is 2.36. The predicted octanol–water partition coefficient (Wildman–Crippen LogP) is 0.740. The lowest BCUT2D eigenvalue weighted by atomic mass is 10.2. The normalized spacial score (nSPS) is 13.8. The molecule has 0 spiro atoms. The number of furan rings is 1. The molecule has 0 amide bonds. The molecule has 0 aliphatic heterocycles. The molecular weight excluding hydrogens is 240 g/mol. The van der Waals surface area contributed by atoms with Gasteiger partial charge < -0.3 is 9.73 Å². The Bertz CT molecular complexity index is 400. The SMILES string of the molecule is CNCCCS(=O)(=O)NC(C)Cc1ccco1. The molecular formula is C11H20N2O3S. The molecule has 1 atom stereocenters. The number of nitrogens with one attached hydrogen (secondary N) is 2. The summed E-state index contributed by atoms with van der Waals surface area (Å²) in [5.74, 6) is 0.937. The fourth-order valence-electron chi connectivity index (χ4n) is 1.58. The quantitative estimate of drug-likeness (QED) is 0.676. The van der Waals surface area contributed by atoms with Gasteiger partial charge in [-0.25, -0.2) is 13.1 Å². The van der Waals surface area contributed by atoms with E-state index in [0.29, 0.717) is 19.4 Å². The van der Waals surface area contributed by atoms with Crippen molar-refractivity contribution in [3.63, 3.8) is 0 Å². The van der Waals surface area contributed by atoms with Gasteiger partial charge in [0.2, 0.25) is 10.0 Å². The van der Waals surface area contributed by atoms with Crippen LogP contribution in [0, 0.1) is 0 Å². The van der Waals surface area contributed by atoms with Gasteiger partial charge in [-0.15, -0.1) is 0 Å². The van der Waals surface area contributed by atoms with E-state index in [-0.39, 0.29) is 11.8 Å². The Kier molecular flexibility index (Phi) is 5.67. The van der Waals surface area contributed by atoms with Crippen LogP contribution in [0.1, 0.15) is 19.1 Å². The van der Waals surface area contributed by atoms with E-state index in [4.69, 9.17) is 4.42 Å². The maximum Gasteiger partial charge on any atom is 0.211 e. The number of rotatable bonds is 8. The molecule has 98 valence electrons. The summed E-state index contributed by atoms with van der Waals surface area (Å²) >= 11 is 0. The molecule has 6 heteroatoms. The van der Waals surface area contributed by atoms with Crippen molar-refractivity contribution >= 4 is 10.0 Å². The van der Waals surface area contributed by atoms with Crippen molar-refractivity contribution in [1.29, 1.82) is 0 Å². The minimum atomic E-state index is -3.19. The maximum absolute atomic E-state index is 11.7. The highest BCUT2D eigenvalue weighted by Gasteiger charge is 2.15. The monoisotopic (exact) mass is 260 g/mol. The van der Waals surface area contributed by atoms with Gasteiger partial charge in [0, 0.05) is 12.5 Å². The molecule has 17 heavy (non-hydrogen) atoms. The smallest absolute Gasteiger partial charge is 0.211 e. The van der Waals surface area contributed by atoms with Gasteiger partial charge in [-0.3, -0.25) is 0 Å². The molecule has 0 saturated heterocycles. The fourth-order valence-corrected chi connectivity index (χ4v) is 2.92. The largest absolute Gasteiger partial charge is 0.469 e. The first-order chi connectivity index (χ1) is 8.03. The lowest BCUT2D eigenvalue weighted by molar-refractivity contribution is 0.478. The second-order valence-corrected chi connectivity index (χ2v) is 5.95. The lowest BCUT2D eigenvalue weighted by Crippen LogP contribution is -2.36. The molecule has 1 aromatic heterocycles. The summed E-state index contributed by atoms with van der Waals surface area (Å²) in [6.45, 7) is 2.53. The van der Waals surface area contributed by atoms with E-state index in [2.05, 4.69) is 10.0 Å². The Labute approximate surface area is 103 Å². The van der Waals surface area contributed by atoms with Gasteiger partial charge >= 0.3 is 0 Å². The van der Waals surface area contributed by atoms with Crippen LogP contribution in [0.4, 0.5) is 0 Å². The highest BCUT2D eigenvalue weighted by atomic mass is 32.2. The molecule has 0 fully saturated rings. The zero-order valence-electron chi connectivity index (χ0n) is 10.3. The van der Waals surface area contributed by atoms with Crippen LogP contribution in [-0.2, 0) is 16.4 Å². The third-order valence-corrected chi connectivity index (χ3v) is 3.90. The van der Waals surface area contributed by atoms with Crippen molar-refractivity contribution < 1.29 is 12.8 Å². The molecule has 0 aliphatic carbocycles. The van der Waals surface area contributed by atoms with Gasteiger partial charge in [0.1, 0.15) is 5.76 Å². The predicted molar refractivity (Wildman–Crippen MR) is 67.3 cm³/mol. The molecule has 5 nitrogen and oxygen atoms in total. The number of sulfonamides is 1. The van der Waals surface area contributed by atoms with Crippen LogP contribution in [0.2, 0.25) is 0 Å². The van der Waals surface area contributed by atoms with Gasteiger partial charge in [-0.1, -0.05) is 0 Å². The second kappa shape index (κ2) is 6.78. The van der Waals surface area contributed by atoms with Crippen LogP contribution in [0.25, 0.3) is 0 Å². The average molecular weight is 260 g/mol. The van der Waals surface area contributed by atoms with Crippen LogP contribution >= 0.6 is 0 Å². The first-order valence-corrected chi connectivity index (χ1v) is 7.35. The van der Waals surface area contributed by atoms with E-state index in [1.807, 2.05) is 13.0 Å². The van der Waals surface area contributed by atoms with Crippen molar-refractivity contribution in [2.24, 2.45) is 0 Å². The van der Waals surface area contributed by atoms with Crippen LogP contribution in [0.15, 0.2) is 22.8 Å². The molecule has 0 bridgehead atoms. The van der Waals surface area contributed by atoms with Gasteiger partial charge in [0.25, 0.3) is 0 Å². The molecule has 0 aliphatic rings. The van der Waals surface area contributed by atoms with Crippen molar-refractivity contribution in [3.8, 4) is 0 Å². The minimum absolute atomic E-state index is 0.149. The van der Waals surface area contributed by atoms with Crippen molar-refractivity contribution in [3.05, 3.63) is 24.2 Å². The molecule has 2 N–H and O–H groups in total. The highest BCUT2D eigenvalue weighted by Crippen LogP contribution is 2.05. The molecule has 0 aromatic carbocycles. The summed E-state index contributed by atoms with van der Waals surface area (Å²) in [6, 6.07) is 3.48. The summed E-state index contributed by atoms with van der Waals surface area (Å²) in [5.41, 5.74) is 0. The first kappa shape index (κ1) is 14.2. The van der Waals surface area contributed by atoms with Crippen LogP contribution in [-0.4, -0.2) is 33.8 Å². The first-order valence-electron chi connectivity index (χ1n) is 5.70. The fraction of sp³-hybridized carbons (Fsp3) is 0.636. The van der Waals surface area contributed by atoms with Crippen LogP contribution < -0.4 is 10.0 Å². The summed E-state index contributed by atoms with van der Waals surface area (Å²) in [4.78, 5) is 0. The van der Waals surface area contributed by atoms with E-state index in [1.165, 1.54) is 0 Å². The lowest BCUT2D eigenvalue weighted by Gasteiger charge is -2.12. The van der Waals surface area contributed by atoms with E-state index >= 15 is 0 Å². The van der Waals surface area contributed by atoms with Gasteiger partial charge in [0.05, 0.1) is 12.0 Å². The van der Waals surface area contributed by atoms with E-state index in [0.717, 1.165) is 5.76 Å². The van der Waals surface area contributed by atoms with Crippen LogP contribution in [0.3, 0.4) is 0 Å². The maximum atomic E-state index is 11.7. The van der Waals surface area contributed by atoms with Crippen molar-refractivity contribution in [2.75, 3.05) is 19.3 Å². The van der Waals surface area contributed by atoms with Gasteiger partial charge in [0.15, 0.2) is 0 Å². The summed E-state index contributed by atoms with van der Waals surface area (Å²) in [7, 11) is -1.38. The third-order valence-electron chi connectivity index (χ3n) is 2.31. The molecule has 0 radical (unpaired) electrons. The standard InChI is InChI=1S/C11H20N2O3S/c1-10(9-11-5-3-7-16-11)13-17(14,15)8-4-6-12-2/h3,5,7,10,12-13H,4,6,8-9H2,1-2H3. The van der Waals surface area contributed by atoms with Gasteiger partial charge in [-0.05, 0) is 39.1 Å². The number of hydrogen-bond donors (Lipinski definition) is 2. The molecule has 1 unspecified atom stereocenters. The zero-order chi connectivity index (χ0) is 12.7. The van der Waals surface area contributed by atoms with Crippen molar-refractivity contribution in [2.45, 2.75) is 25.8 Å². The Morgan fingerprint density at radius 1 is 1.47 bits per heavy atom. The zero-order valence-corrected chi connectivity index (χ0v) is 11.1.